The molecule has 3 nitrogen and oxygen atoms in total. The molecule has 0 fully saturated rings. The Morgan fingerprint density at radius 3 is 1.49 bits per heavy atom. The maximum absolute atomic E-state index is 4.33. The Bertz CT molecular complexity index is 2640. The van der Waals surface area contributed by atoms with Gasteiger partial charge in [0.25, 0.3) is 0 Å². The summed E-state index contributed by atoms with van der Waals surface area (Å²) in [6.45, 7) is 2.16. The van der Waals surface area contributed by atoms with Crippen LogP contribution in [0.4, 0.5) is 0 Å². The number of aromatic nitrogens is 3. The maximum Gasteiger partial charge on any atom is 0.0727 e. The summed E-state index contributed by atoms with van der Waals surface area (Å²) in [5.41, 5.74) is 8.48. The number of halogens is 2. The van der Waals surface area contributed by atoms with Crippen molar-refractivity contribution in [3.8, 4) is 0 Å². The van der Waals surface area contributed by atoms with Gasteiger partial charge >= 0.3 is 0 Å². The average Bonchev–Trinajstić information content (AvgIpc) is 3.75. The standard InChI is InChI=1S/C25H17BrN2.C12H8BrN.S4.S3/c1-16-10-12-20-18-6-2-4-8-22(18)27(24(20)14-16)28-23-9-5-3-7-19(23)21-13-11-17(26)15-25(21)28;13-8-5-6-10-9-3-1-2-4-11(9)14-12(10)7-8;1-3-4-2;1-3-2/h2-15H,1H3;1-7,14H;;. The second kappa shape index (κ2) is 16.5. The van der Waals surface area contributed by atoms with Crippen LogP contribution in [0.5, 0.6) is 0 Å². The number of H-pyrrole nitrogens is 1. The number of hydrogen-bond donors (Lipinski definition) is 1. The number of nitrogens with one attached hydrogen (secondary N) is 1. The Kier molecular flexibility index (Phi) is 12.1. The SMILES string of the molecule is Brc1ccc2c(c1)[nH]c1ccccc12.Cc1ccc2c3ccccc3n(-n3c4ccccc4c4ccc(Br)cc43)c2c1.S=S=S.S=S=S=S. The number of hydrogen-bond acceptors (Lipinski definition) is 4. The zero-order valence-electron chi connectivity index (χ0n) is 25.6. The van der Waals surface area contributed by atoms with Gasteiger partial charge in [-0.2, -0.15) is 0 Å². The van der Waals surface area contributed by atoms with Gasteiger partial charge in [-0.3, -0.25) is 0 Å². The number of fused-ring (bicyclic) bond motifs is 9. The highest BCUT2D eigenvalue weighted by molar-refractivity contribution is 9.10. The molecule has 0 atom stereocenters. The van der Waals surface area contributed by atoms with E-state index in [1.807, 2.05) is 6.07 Å². The van der Waals surface area contributed by atoms with Crippen LogP contribution in [-0.4, -0.2) is 14.3 Å². The molecule has 9 rings (SSSR count). The molecule has 0 amide bonds. The molecule has 1 N–H and O–H groups in total. The summed E-state index contributed by atoms with van der Waals surface area (Å²) in [4.78, 5) is 3.39. The Hall–Kier alpha value is -2.78. The van der Waals surface area contributed by atoms with Crippen molar-refractivity contribution in [2.24, 2.45) is 0 Å². The topological polar surface area (TPSA) is 25.6 Å². The van der Waals surface area contributed by atoms with Gasteiger partial charge in [0, 0.05) is 124 Å². The van der Waals surface area contributed by atoms with Crippen LogP contribution in [0.15, 0.2) is 136 Å². The Labute approximate surface area is 328 Å². The van der Waals surface area contributed by atoms with Crippen LogP contribution in [0.2, 0.25) is 0 Å². The molecule has 12 heteroatoms. The van der Waals surface area contributed by atoms with Crippen molar-refractivity contribution in [2.45, 2.75) is 6.92 Å². The number of rotatable bonds is 1. The number of benzene rings is 6. The molecular weight excluding hydrogens is 871 g/mol. The lowest BCUT2D eigenvalue weighted by Crippen LogP contribution is -2.08. The van der Waals surface area contributed by atoms with Gasteiger partial charge in [0.2, 0.25) is 0 Å². The van der Waals surface area contributed by atoms with Crippen LogP contribution >= 0.6 is 31.9 Å². The van der Waals surface area contributed by atoms with E-state index in [1.165, 1.54) is 88.7 Å². The van der Waals surface area contributed by atoms with Crippen molar-refractivity contribution < 1.29 is 0 Å². The lowest BCUT2D eigenvalue weighted by atomic mass is 10.1. The largest absolute Gasteiger partial charge is 0.354 e. The minimum Gasteiger partial charge on any atom is -0.354 e. The molecule has 0 bridgehead atoms. The van der Waals surface area contributed by atoms with E-state index in [2.05, 4.69) is 219 Å². The molecule has 0 unspecified atom stereocenters. The second-order valence-electron chi connectivity index (χ2n) is 10.9. The van der Waals surface area contributed by atoms with Crippen molar-refractivity contribution in [1.29, 1.82) is 0 Å². The van der Waals surface area contributed by atoms with E-state index < -0.39 is 0 Å². The summed E-state index contributed by atoms with van der Waals surface area (Å²) in [7, 11) is 3.26. The second-order valence-corrected chi connectivity index (χ2v) is 18.0. The summed E-state index contributed by atoms with van der Waals surface area (Å²) < 4.78 is 6.92. The fourth-order valence-electron chi connectivity index (χ4n) is 6.24. The van der Waals surface area contributed by atoms with Gasteiger partial charge in [0.05, 0.1) is 22.1 Å². The van der Waals surface area contributed by atoms with Gasteiger partial charge in [-0.1, -0.05) is 111 Å². The molecule has 0 aliphatic rings. The van der Waals surface area contributed by atoms with E-state index in [9.17, 15) is 0 Å². The molecule has 0 aliphatic carbocycles. The Morgan fingerprint density at radius 2 is 0.898 bits per heavy atom. The summed E-state index contributed by atoms with van der Waals surface area (Å²) in [5, 5.41) is 7.65. The number of nitrogens with zero attached hydrogens (tertiary/aromatic N) is 2. The van der Waals surface area contributed by atoms with Gasteiger partial charge in [0.15, 0.2) is 0 Å². The molecule has 0 aliphatic heterocycles. The predicted octanol–water partition coefficient (Wildman–Crippen LogP) is 11.4. The van der Waals surface area contributed by atoms with Crippen molar-refractivity contribution in [3.05, 3.63) is 142 Å². The van der Waals surface area contributed by atoms with Crippen LogP contribution in [0, 0.1) is 6.92 Å². The average molecular weight is 896 g/mol. The van der Waals surface area contributed by atoms with Gasteiger partial charge in [0.1, 0.15) is 0 Å². The molecule has 244 valence electrons. The highest BCUT2D eigenvalue weighted by Gasteiger charge is 2.17. The summed E-state index contributed by atoms with van der Waals surface area (Å²) >= 11 is 24.1. The van der Waals surface area contributed by atoms with Crippen LogP contribution < -0.4 is 0 Å². The highest BCUT2D eigenvalue weighted by Crippen LogP contribution is 2.36. The van der Waals surface area contributed by atoms with Crippen molar-refractivity contribution in [3.63, 3.8) is 0 Å². The quantitative estimate of drug-likeness (QED) is 0.178. The van der Waals surface area contributed by atoms with Crippen LogP contribution in [-0.2, 0) is 71.4 Å². The van der Waals surface area contributed by atoms with Crippen LogP contribution in [0.3, 0.4) is 0 Å². The molecule has 9 aromatic rings. The zero-order valence-corrected chi connectivity index (χ0v) is 34.5. The fraction of sp³-hybridized carbons (Fsp3) is 0.0270. The first kappa shape index (κ1) is 36.0. The third kappa shape index (κ3) is 7.49. The fourth-order valence-corrected chi connectivity index (χ4v) is 6.95. The van der Waals surface area contributed by atoms with E-state index in [4.69, 9.17) is 0 Å². The van der Waals surface area contributed by atoms with Crippen molar-refractivity contribution >= 4 is 169 Å². The van der Waals surface area contributed by atoms with Crippen LogP contribution in [0.25, 0.3) is 65.4 Å². The van der Waals surface area contributed by atoms with E-state index >= 15 is 0 Å². The smallest absolute Gasteiger partial charge is 0.0727 e. The molecule has 0 radical (unpaired) electrons. The lowest BCUT2D eigenvalue weighted by molar-refractivity contribution is 0.774. The first-order valence-corrected chi connectivity index (χ1v) is 23.0. The van der Waals surface area contributed by atoms with Gasteiger partial charge in [-0.05, 0) is 61.0 Å². The van der Waals surface area contributed by atoms with Crippen LogP contribution in [0.1, 0.15) is 5.56 Å². The Balaban J connectivity index is 0.000000165. The lowest BCUT2D eigenvalue weighted by Gasteiger charge is -2.13. The van der Waals surface area contributed by atoms with Gasteiger partial charge in [-0.25, -0.2) is 9.35 Å². The van der Waals surface area contributed by atoms with Gasteiger partial charge in [-0.15, -0.1) is 0 Å². The monoisotopic (exact) mass is 893 g/mol. The number of aryl methyl sites for hydroxylation is 1. The number of aromatic amines is 1. The number of para-hydroxylation sites is 3. The predicted molar refractivity (Wildman–Crippen MR) is 237 cm³/mol. The summed E-state index contributed by atoms with van der Waals surface area (Å²) in [6.07, 6.45) is 0. The zero-order chi connectivity index (χ0) is 34.5. The normalized spacial score (nSPS) is 10.7. The molecule has 3 heterocycles. The molecule has 3 aromatic heterocycles. The molecule has 0 saturated carbocycles. The van der Waals surface area contributed by atoms with E-state index in [0.717, 1.165) is 17.8 Å². The van der Waals surface area contributed by atoms with Crippen molar-refractivity contribution in [1.82, 2.24) is 14.3 Å². The van der Waals surface area contributed by atoms with Gasteiger partial charge < -0.3 is 4.98 Å². The summed E-state index contributed by atoms with van der Waals surface area (Å²) in [6, 6.07) is 45.3. The van der Waals surface area contributed by atoms with E-state index in [1.54, 1.807) is 0 Å². The Morgan fingerprint density at radius 1 is 0.469 bits per heavy atom. The first-order chi connectivity index (χ1) is 23.9. The maximum atomic E-state index is 4.33. The molecule has 0 spiro atoms. The van der Waals surface area contributed by atoms with E-state index in [-0.39, 0.29) is 0 Å². The summed E-state index contributed by atoms with van der Waals surface area (Å²) in [5.74, 6) is 0. The molecular formula is C37H25Br2N3S7. The minimum absolute atomic E-state index is 0.917. The highest BCUT2D eigenvalue weighted by atomic mass is 79.9. The first-order valence-electron chi connectivity index (χ1n) is 14.8. The van der Waals surface area contributed by atoms with E-state index in [0.29, 0.717) is 0 Å². The molecule has 0 saturated heterocycles. The third-order valence-corrected chi connectivity index (χ3v) is 11.3. The minimum atomic E-state index is 0.917. The molecule has 6 aromatic carbocycles. The molecule has 49 heavy (non-hydrogen) atoms. The van der Waals surface area contributed by atoms with Crippen molar-refractivity contribution in [2.75, 3.05) is 0 Å². The third-order valence-electron chi connectivity index (χ3n) is 8.11.